The van der Waals surface area contributed by atoms with Crippen LogP contribution < -0.4 is 0 Å². The fourth-order valence-corrected chi connectivity index (χ4v) is 8.07. The van der Waals surface area contributed by atoms with Gasteiger partial charge in [0.2, 0.25) is 10.0 Å². The molecule has 1 saturated carbocycles. The zero-order chi connectivity index (χ0) is 26.3. The van der Waals surface area contributed by atoms with Crippen molar-refractivity contribution in [2.24, 2.45) is 17.3 Å². The van der Waals surface area contributed by atoms with Crippen LogP contribution in [-0.4, -0.2) is 87.7 Å². The van der Waals surface area contributed by atoms with Gasteiger partial charge in [-0.25, -0.2) is 13.2 Å². The standard InChI is InChI=1S/C26H34N4O5S/c1-18-11-19(14-27)5-6-23(18)20-7-9-30(10-8-20)36(33,34)17-26(24(31)35-4)12-21-15-29(16-22(21)13-26)25(32)28(2)3/h5-7,11,21-22H,8-10,12-13,15-17H2,1-4H3/t21-,22-/m1/s1. The number of hydrogen-bond acceptors (Lipinski definition) is 6. The zero-order valence-electron chi connectivity index (χ0n) is 21.4. The van der Waals surface area contributed by atoms with Crippen molar-refractivity contribution in [2.75, 3.05) is 53.1 Å². The summed E-state index contributed by atoms with van der Waals surface area (Å²) in [5.41, 5.74) is 2.58. The van der Waals surface area contributed by atoms with Gasteiger partial charge in [-0.1, -0.05) is 12.1 Å². The van der Waals surface area contributed by atoms with E-state index in [4.69, 9.17) is 10.00 Å². The Labute approximate surface area is 213 Å². The Morgan fingerprint density at radius 2 is 1.89 bits per heavy atom. The monoisotopic (exact) mass is 514 g/mol. The number of methoxy groups -OCH3 is 1. The van der Waals surface area contributed by atoms with Crippen LogP contribution in [0.2, 0.25) is 0 Å². The van der Waals surface area contributed by atoms with Gasteiger partial charge in [-0.15, -0.1) is 0 Å². The van der Waals surface area contributed by atoms with Crippen molar-refractivity contribution in [3.63, 3.8) is 0 Å². The second kappa shape index (κ2) is 9.87. The molecule has 2 aliphatic heterocycles. The number of rotatable bonds is 5. The normalized spacial score (nSPS) is 23.5. The Hall–Kier alpha value is -2.90. The van der Waals surface area contributed by atoms with E-state index in [1.807, 2.05) is 25.1 Å². The molecule has 9 nitrogen and oxygen atoms in total. The molecule has 36 heavy (non-hydrogen) atoms. The van der Waals surface area contributed by atoms with Gasteiger partial charge in [0.05, 0.1) is 29.9 Å². The number of nitrogens with zero attached hydrogens (tertiary/aromatic N) is 4. The molecule has 1 saturated heterocycles. The highest BCUT2D eigenvalue weighted by Gasteiger charge is 2.56. The highest BCUT2D eigenvalue weighted by Crippen LogP contribution is 2.51. The molecule has 0 N–H and O–H groups in total. The van der Waals surface area contributed by atoms with Crippen molar-refractivity contribution in [1.29, 1.82) is 5.26 Å². The SMILES string of the molecule is COC(=O)C1(CS(=O)(=O)N2CC=C(c3ccc(C#N)cc3C)CC2)C[C@@H]2CN(C(=O)N(C)C)C[C@H]2C1. The summed E-state index contributed by atoms with van der Waals surface area (Å²) in [6.45, 7) is 3.58. The first-order valence-corrected chi connectivity index (χ1v) is 13.8. The zero-order valence-corrected chi connectivity index (χ0v) is 22.2. The molecule has 194 valence electrons. The maximum absolute atomic E-state index is 13.5. The highest BCUT2D eigenvalue weighted by atomic mass is 32.2. The van der Waals surface area contributed by atoms with Crippen LogP contribution in [0.15, 0.2) is 24.3 Å². The lowest BCUT2D eigenvalue weighted by Crippen LogP contribution is -2.45. The van der Waals surface area contributed by atoms with Crippen LogP contribution in [0.4, 0.5) is 4.79 Å². The van der Waals surface area contributed by atoms with Crippen LogP contribution >= 0.6 is 0 Å². The summed E-state index contributed by atoms with van der Waals surface area (Å²) < 4.78 is 33.6. The van der Waals surface area contributed by atoms with Crippen LogP contribution in [0, 0.1) is 35.5 Å². The summed E-state index contributed by atoms with van der Waals surface area (Å²) in [6.07, 6.45) is 3.29. The number of esters is 1. The number of fused-ring (bicyclic) bond motifs is 1. The number of carbonyl (C=O) groups excluding carboxylic acids is 2. The van der Waals surface area contributed by atoms with Gasteiger partial charge in [-0.2, -0.15) is 9.57 Å². The lowest BCUT2D eigenvalue weighted by molar-refractivity contribution is -0.151. The molecular formula is C26H34N4O5S. The minimum atomic E-state index is -3.72. The van der Waals surface area contributed by atoms with E-state index in [1.165, 1.54) is 16.3 Å². The average Bonchev–Trinajstić information content (AvgIpc) is 3.39. The number of amides is 2. The highest BCUT2D eigenvalue weighted by molar-refractivity contribution is 7.89. The van der Waals surface area contributed by atoms with E-state index in [-0.39, 0.29) is 30.2 Å². The molecule has 2 heterocycles. The number of nitriles is 1. The molecule has 3 aliphatic rings. The molecule has 10 heteroatoms. The molecule has 0 spiro atoms. The summed E-state index contributed by atoms with van der Waals surface area (Å²) in [6, 6.07) is 7.60. The number of ether oxygens (including phenoxy) is 1. The summed E-state index contributed by atoms with van der Waals surface area (Å²) in [7, 11) is 1.01. The van der Waals surface area contributed by atoms with E-state index in [2.05, 4.69) is 6.07 Å². The maximum Gasteiger partial charge on any atom is 0.319 e. The third-order valence-corrected chi connectivity index (χ3v) is 9.92. The Kier molecular flexibility index (Phi) is 7.17. The van der Waals surface area contributed by atoms with Crippen LogP contribution in [-0.2, 0) is 19.6 Å². The second-order valence-electron chi connectivity index (χ2n) is 10.5. The molecule has 2 atom stereocenters. The van der Waals surface area contributed by atoms with E-state index in [9.17, 15) is 18.0 Å². The van der Waals surface area contributed by atoms with E-state index < -0.39 is 21.4 Å². The Balaban J connectivity index is 1.48. The molecule has 1 aromatic carbocycles. The minimum Gasteiger partial charge on any atom is -0.469 e. The third kappa shape index (κ3) is 4.87. The first kappa shape index (κ1) is 26.2. The minimum absolute atomic E-state index is 0.0610. The predicted molar refractivity (Wildman–Crippen MR) is 135 cm³/mol. The van der Waals surface area contributed by atoms with Gasteiger partial charge in [-0.3, -0.25) is 4.79 Å². The Bertz CT molecular complexity index is 1220. The molecule has 2 amide bonds. The molecule has 0 unspecified atom stereocenters. The molecular weight excluding hydrogens is 480 g/mol. The van der Waals surface area contributed by atoms with Gasteiger partial charge in [-0.05, 0) is 66.9 Å². The van der Waals surface area contributed by atoms with Gasteiger partial charge >= 0.3 is 12.0 Å². The maximum atomic E-state index is 13.5. The first-order valence-electron chi connectivity index (χ1n) is 12.2. The smallest absolute Gasteiger partial charge is 0.319 e. The second-order valence-corrected chi connectivity index (χ2v) is 12.5. The van der Waals surface area contributed by atoms with Crippen LogP contribution in [0.1, 0.15) is 36.0 Å². The lowest BCUT2D eigenvalue weighted by atomic mass is 9.86. The number of likely N-dealkylation sites (tertiary alicyclic amines) is 1. The number of sulfonamides is 1. The largest absolute Gasteiger partial charge is 0.469 e. The number of urea groups is 1. The van der Waals surface area contributed by atoms with Crippen molar-refractivity contribution in [1.82, 2.24) is 14.1 Å². The van der Waals surface area contributed by atoms with Crippen molar-refractivity contribution >= 4 is 27.6 Å². The van der Waals surface area contributed by atoms with Gasteiger partial charge in [0.1, 0.15) is 0 Å². The topological polar surface area (TPSA) is 111 Å². The Morgan fingerprint density at radius 3 is 2.39 bits per heavy atom. The van der Waals surface area contributed by atoms with Crippen LogP contribution in [0.5, 0.6) is 0 Å². The van der Waals surface area contributed by atoms with Gasteiger partial charge in [0.15, 0.2) is 0 Å². The molecule has 0 aromatic heterocycles. The van der Waals surface area contributed by atoms with Gasteiger partial charge in [0, 0.05) is 40.3 Å². The number of carbonyl (C=O) groups is 2. The number of benzene rings is 1. The molecule has 2 fully saturated rings. The van der Waals surface area contributed by atoms with E-state index in [1.54, 1.807) is 25.1 Å². The van der Waals surface area contributed by atoms with E-state index >= 15 is 0 Å². The predicted octanol–water partition coefficient (Wildman–Crippen LogP) is 2.47. The number of aryl methyl sites for hydroxylation is 1. The lowest BCUT2D eigenvalue weighted by Gasteiger charge is -2.33. The summed E-state index contributed by atoms with van der Waals surface area (Å²) in [5, 5.41) is 9.10. The molecule has 4 rings (SSSR count). The summed E-state index contributed by atoms with van der Waals surface area (Å²) >= 11 is 0. The van der Waals surface area contributed by atoms with Crippen LogP contribution in [0.3, 0.4) is 0 Å². The fourth-order valence-electron chi connectivity index (χ4n) is 6.17. The van der Waals surface area contributed by atoms with E-state index in [0.717, 1.165) is 16.7 Å². The Morgan fingerprint density at radius 1 is 1.22 bits per heavy atom. The summed E-state index contributed by atoms with van der Waals surface area (Å²) in [5.74, 6) is -0.598. The van der Waals surface area contributed by atoms with Crippen molar-refractivity contribution < 1.29 is 22.7 Å². The average molecular weight is 515 g/mol. The third-order valence-electron chi connectivity index (χ3n) is 7.88. The van der Waals surface area contributed by atoms with Crippen molar-refractivity contribution in [3.8, 4) is 6.07 Å². The van der Waals surface area contributed by atoms with Gasteiger partial charge in [0.25, 0.3) is 0 Å². The molecule has 0 bridgehead atoms. The van der Waals surface area contributed by atoms with E-state index in [0.29, 0.717) is 44.5 Å². The fraction of sp³-hybridized carbons (Fsp3) is 0.577. The van der Waals surface area contributed by atoms with Gasteiger partial charge < -0.3 is 14.5 Å². The molecule has 1 aromatic rings. The quantitative estimate of drug-likeness (QED) is 0.558. The van der Waals surface area contributed by atoms with Crippen molar-refractivity contribution in [2.45, 2.75) is 26.2 Å². The van der Waals surface area contributed by atoms with Crippen molar-refractivity contribution in [3.05, 3.63) is 41.0 Å². The first-order chi connectivity index (χ1) is 17.0. The molecule has 1 aliphatic carbocycles. The summed E-state index contributed by atoms with van der Waals surface area (Å²) in [4.78, 5) is 28.7. The molecule has 0 radical (unpaired) electrons. The van der Waals surface area contributed by atoms with Crippen LogP contribution in [0.25, 0.3) is 5.57 Å². The number of hydrogen-bond donors (Lipinski definition) is 0.